The summed E-state index contributed by atoms with van der Waals surface area (Å²) >= 11 is 3.13. The number of hydrogen-bond donors (Lipinski definition) is 2. The van der Waals surface area contributed by atoms with Gasteiger partial charge in [0.15, 0.2) is 0 Å². The monoisotopic (exact) mass is 364 g/mol. The second kappa shape index (κ2) is 6.04. The van der Waals surface area contributed by atoms with Crippen molar-refractivity contribution in [2.75, 3.05) is 30.9 Å². The van der Waals surface area contributed by atoms with E-state index in [2.05, 4.69) is 26.0 Å². The van der Waals surface area contributed by atoms with E-state index in [1.807, 2.05) is 0 Å². The van der Waals surface area contributed by atoms with Gasteiger partial charge in [0.05, 0.1) is 10.6 Å². The summed E-state index contributed by atoms with van der Waals surface area (Å²) in [6.07, 6.45) is 0. The van der Waals surface area contributed by atoms with Crippen LogP contribution in [-0.2, 0) is 10.2 Å². The van der Waals surface area contributed by atoms with Crippen LogP contribution in [0.15, 0.2) is 22.7 Å². The quantitative estimate of drug-likeness (QED) is 0.610. The molecule has 0 saturated carbocycles. The molecule has 2 rings (SSSR count). The minimum atomic E-state index is -3.65. The van der Waals surface area contributed by atoms with Crippen LogP contribution in [0, 0.1) is 10.1 Å². The van der Waals surface area contributed by atoms with E-state index in [0.717, 1.165) is 0 Å². The van der Waals surface area contributed by atoms with Gasteiger partial charge in [-0.15, -0.1) is 0 Å². The van der Waals surface area contributed by atoms with Crippen molar-refractivity contribution < 1.29 is 13.3 Å². The van der Waals surface area contributed by atoms with Gasteiger partial charge in [0.25, 0.3) is 5.69 Å². The van der Waals surface area contributed by atoms with E-state index >= 15 is 0 Å². The first-order valence-corrected chi connectivity index (χ1v) is 8.06. The zero-order chi connectivity index (χ0) is 14.8. The molecule has 0 aliphatic carbocycles. The molecule has 0 bridgehead atoms. The SMILES string of the molecule is O=[N+]([O-])c1ccc(NS(=O)(=O)N2CCNCC2)c(Br)c1. The third-order valence-electron chi connectivity index (χ3n) is 2.82. The molecule has 1 aliphatic rings. The number of hydrogen-bond acceptors (Lipinski definition) is 5. The Balaban J connectivity index is 2.18. The third kappa shape index (κ3) is 3.45. The third-order valence-corrected chi connectivity index (χ3v) is 5.00. The summed E-state index contributed by atoms with van der Waals surface area (Å²) in [6.45, 7) is 1.98. The Labute approximate surface area is 124 Å². The lowest BCUT2D eigenvalue weighted by Gasteiger charge is -2.27. The van der Waals surface area contributed by atoms with Gasteiger partial charge in [-0.05, 0) is 22.0 Å². The fourth-order valence-corrected chi connectivity index (χ4v) is 3.63. The van der Waals surface area contributed by atoms with Crippen molar-refractivity contribution in [1.29, 1.82) is 0 Å². The van der Waals surface area contributed by atoms with Gasteiger partial charge in [0.2, 0.25) is 0 Å². The van der Waals surface area contributed by atoms with Gasteiger partial charge < -0.3 is 5.32 Å². The van der Waals surface area contributed by atoms with E-state index in [9.17, 15) is 18.5 Å². The van der Waals surface area contributed by atoms with Crippen molar-refractivity contribution in [3.05, 3.63) is 32.8 Å². The number of halogens is 1. The number of nitro benzene ring substituents is 1. The highest BCUT2D eigenvalue weighted by molar-refractivity contribution is 9.10. The number of non-ortho nitro benzene ring substituents is 1. The first kappa shape index (κ1) is 15.2. The molecule has 20 heavy (non-hydrogen) atoms. The second-order valence-electron chi connectivity index (χ2n) is 4.18. The smallest absolute Gasteiger partial charge is 0.301 e. The number of anilines is 1. The van der Waals surface area contributed by atoms with Crippen LogP contribution < -0.4 is 10.0 Å². The van der Waals surface area contributed by atoms with Gasteiger partial charge in [0.1, 0.15) is 0 Å². The highest BCUT2D eigenvalue weighted by Crippen LogP contribution is 2.28. The van der Waals surface area contributed by atoms with Gasteiger partial charge in [-0.1, -0.05) is 0 Å². The van der Waals surface area contributed by atoms with E-state index in [0.29, 0.717) is 30.7 Å². The molecule has 0 aromatic heterocycles. The minimum Gasteiger partial charge on any atom is -0.314 e. The van der Waals surface area contributed by atoms with Crippen LogP contribution in [0.1, 0.15) is 0 Å². The second-order valence-corrected chi connectivity index (χ2v) is 6.70. The van der Waals surface area contributed by atoms with Gasteiger partial charge in [0, 0.05) is 42.8 Å². The topological polar surface area (TPSA) is 105 Å². The first-order chi connectivity index (χ1) is 9.40. The van der Waals surface area contributed by atoms with E-state index in [4.69, 9.17) is 0 Å². The van der Waals surface area contributed by atoms with Gasteiger partial charge in [-0.25, -0.2) is 0 Å². The Kier molecular flexibility index (Phi) is 4.58. The largest absolute Gasteiger partial charge is 0.314 e. The van der Waals surface area contributed by atoms with Crippen molar-refractivity contribution in [1.82, 2.24) is 9.62 Å². The predicted molar refractivity (Wildman–Crippen MR) is 77.8 cm³/mol. The van der Waals surface area contributed by atoms with Crippen LogP contribution in [-0.4, -0.2) is 43.8 Å². The molecule has 0 radical (unpaired) electrons. The Morgan fingerprint density at radius 2 is 2.00 bits per heavy atom. The Bertz CT molecular complexity index is 616. The lowest BCUT2D eigenvalue weighted by atomic mass is 10.3. The van der Waals surface area contributed by atoms with Crippen molar-refractivity contribution in [2.24, 2.45) is 0 Å². The number of piperazine rings is 1. The van der Waals surface area contributed by atoms with E-state index < -0.39 is 15.1 Å². The van der Waals surface area contributed by atoms with Crippen LogP contribution in [0.25, 0.3) is 0 Å². The number of nitrogens with zero attached hydrogens (tertiary/aromatic N) is 2. The summed E-state index contributed by atoms with van der Waals surface area (Å²) in [7, 11) is -3.65. The molecule has 0 atom stereocenters. The van der Waals surface area contributed by atoms with Crippen LogP contribution in [0.3, 0.4) is 0 Å². The van der Waals surface area contributed by atoms with Crippen LogP contribution in [0.4, 0.5) is 11.4 Å². The summed E-state index contributed by atoms with van der Waals surface area (Å²) in [5, 5.41) is 13.7. The molecule has 0 amide bonds. The molecule has 8 nitrogen and oxygen atoms in total. The number of rotatable bonds is 4. The minimum absolute atomic E-state index is 0.109. The molecule has 110 valence electrons. The Morgan fingerprint density at radius 1 is 1.35 bits per heavy atom. The van der Waals surface area contributed by atoms with Crippen LogP contribution in [0.2, 0.25) is 0 Å². The van der Waals surface area contributed by atoms with E-state index in [1.165, 1.54) is 22.5 Å². The maximum Gasteiger partial charge on any atom is 0.301 e. The van der Waals surface area contributed by atoms with E-state index in [1.54, 1.807) is 0 Å². The van der Waals surface area contributed by atoms with Gasteiger partial charge in [-0.3, -0.25) is 14.8 Å². The molecule has 1 saturated heterocycles. The molecule has 10 heteroatoms. The lowest BCUT2D eigenvalue weighted by molar-refractivity contribution is -0.384. The molecule has 1 aromatic rings. The fraction of sp³-hybridized carbons (Fsp3) is 0.400. The molecule has 0 spiro atoms. The highest BCUT2D eigenvalue weighted by Gasteiger charge is 2.24. The molecule has 1 fully saturated rings. The Hall–Kier alpha value is -1.23. The Morgan fingerprint density at radius 3 is 2.55 bits per heavy atom. The predicted octanol–water partition coefficient (Wildman–Crippen LogP) is 0.919. The standard InChI is InChI=1S/C10H13BrN4O4S/c11-9-7-8(15(16)17)1-2-10(9)13-20(18,19)14-5-3-12-4-6-14/h1-2,7,12-13H,3-6H2. The average Bonchev–Trinajstić information content (AvgIpc) is 2.41. The summed E-state index contributed by atoms with van der Waals surface area (Å²) in [5.41, 5.74) is 0.163. The zero-order valence-electron chi connectivity index (χ0n) is 10.4. The number of nitrogens with one attached hydrogen (secondary N) is 2. The molecule has 1 aromatic carbocycles. The summed E-state index contributed by atoms with van der Waals surface area (Å²) in [5.74, 6) is 0. The number of nitro groups is 1. The molecule has 0 unspecified atom stereocenters. The number of benzene rings is 1. The highest BCUT2D eigenvalue weighted by atomic mass is 79.9. The summed E-state index contributed by atoms with van der Waals surface area (Å²) < 4.78 is 28.4. The maximum atomic E-state index is 12.2. The van der Waals surface area contributed by atoms with Gasteiger partial charge >= 0.3 is 10.2 Å². The molecule has 1 heterocycles. The zero-order valence-corrected chi connectivity index (χ0v) is 12.8. The van der Waals surface area contributed by atoms with Crippen molar-refractivity contribution in [2.45, 2.75) is 0 Å². The molecular weight excluding hydrogens is 352 g/mol. The van der Waals surface area contributed by atoms with E-state index in [-0.39, 0.29) is 11.4 Å². The van der Waals surface area contributed by atoms with Crippen molar-refractivity contribution in [3.63, 3.8) is 0 Å². The lowest BCUT2D eigenvalue weighted by Crippen LogP contribution is -2.48. The average molecular weight is 365 g/mol. The van der Waals surface area contributed by atoms with Gasteiger partial charge in [-0.2, -0.15) is 12.7 Å². The molecule has 2 N–H and O–H groups in total. The van der Waals surface area contributed by atoms with Crippen molar-refractivity contribution in [3.8, 4) is 0 Å². The molecule has 1 aliphatic heterocycles. The summed E-state index contributed by atoms with van der Waals surface area (Å²) in [6, 6.07) is 3.87. The van der Waals surface area contributed by atoms with Crippen molar-refractivity contribution >= 4 is 37.5 Å². The molecular formula is C10H13BrN4O4S. The van der Waals surface area contributed by atoms with Crippen LogP contribution >= 0.6 is 15.9 Å². The summed E-state index contributed by atoms with van der Waals surface area (Å²) in [4.78, 5) is 10.1. The normalized spacial score (nSPS) is 16.9. The van der Waals surface area contributed by atoms with Crippen LogP contribution in [0.5, 0.6) is 0 Å². The fourth-order valence-electron chi connectivity index (χ4n) is 1.79. The first-order valence-electron chi connectivity index (χ1n) is 5.83. The maximum absolute atomic E-state index is 12.2.